The lowest BCUT2D eigenvalue weighted by atomic mass is 10.1. The number of halogens is 1. The van der Waals surface area contributed by atoms with Crippen molar-refractivity contribution < 1.29 is 13.9 Å². The van der Waals surface area contributed by atoms with Gasteiger partial charge in [-0.1, -0.05) is 0 Å². The summed E-state index contributed by atoms with van der Waals surface area (Å²) in [7, 11) is 0. The average molecular weight is 278 g/mol. The second kappa shape index (κ2) is 5.40. The molecule has 1 saturated heterocycles. The van der Waals surface area contributed by atoms with Crippen LogP contribution in [0.3, 0.4) is 0 Å². The Hall–Kier alpha value is -1.62. The lowest BCUT2D eigenvalue weighted by molar-refractivity contribution is 0.0706. The van der Waals surface area contributed by atoms with Gasteiger partial charge in [0.1, 0.15) is 5.82 Å². The molecular weight excluding hydrogens is 259 g/mol. The van der Waals surface area contributed by atoms with Crippen molar-refractivity contribution in [2.24, 2.45) is 5.92 Å². The number of nitrogens with two attached hydrogens (primary N) is 1. The third kappa shape index (κ3) is 2.77. The van der Waals surface area contributed by atoms with Crippen LogP contribution in [-0.2, 0) is 4.74 Å². The van der Waals surface area contributed by atoms with Gasteiger partial charge in [-0.25, -0.2) is 4.39 Å². The maximum atomic E-state index is 13.2. The van der Waals surface area contributed by atoms with E-state index in [1.54, 1.807) is 0 Å². The van der Waals surface area contributed by atoms with Crippen LogP contribution >= 0.6 is 0 Å². The normalized spacial score (nSPS) is 21.9. The van der Waals surface area contributed by atoms with Gasteiger partial charge in [0.15, 0.2) is 0 Å². The number of amides is 1. The van der Waals surface area contributed by atoms with E-state index in [9.17, 15) is 9.18 Å². The number of hydrogen-bond donors (Lipinski definition) is 1. The molecule has 1 saturated carbocycles. The van der Waals surface area contributed by atoms with Crippen LogP contribution in [-0.4, -0.2) is 36.6 Å². The minimum Gasteiger partial charge on any atom is -0.396 e. The molecule has 4 nitrogen and oxygen atoms in total. The summed E-state index contributed by atoms with van der Waals surface area (Å²) in [5.41, 5.74) is 6.04. The van der Waals surface area contributed by atoms with Crippen molar-refractivity contribution in [2.75, 3.05) is 25.5 Å². The quantitative estimate of drug-likeness (QED) is 0.858. The van der Waals surface area contributed by atoms with E-state index >= 15 is 0 Å². The predicted octanol–water partition coefficient (Wildman–Crippen LogP) is 2.05. The number of anilines is 1. The fraction of sp³-hybridized carbons (Fsp3) is 0.533. The molecule has 1 aliphatic carbocycles. The molecule has 1 atom stereocenters. The van der Waals surface area contributed by atoms with Crippen LogP contribution in [0.1, 0.15) is 29.6 Å². The molecule has 0 radical (unpaired) electrons. The van der Waals surface area contributed by atoms with E-state index in [2.05, 4.69) is 0 Å². The predicted molar refractivity (Wildman–Crippen MR) is 73.8 cm³/mol. The molecule has 108 valence electrons. The smallest absolute Gasteiger partial charge is 0.254 e. The first-order valence-corrected chi connectivity index (χ1v) is 7.09. The first kappa shape index (κ1) is 13.4. The molecule has 0 spiro atoms. The van der Waals surface area contributed by atoms with Crippen LogP contribution in [0.15, 0.2) is 18.2 Å². The monoisotopic (exact) mass is 278 g/mol. The van der Waals surface area contributed by atoms with Crippen molar-refractivity contribution in [3.63, 3.8) is 0 Å². The Morgan fingerprint density at radius 3 is 2.80 bits per heavy atom. The van der Waals surface area contributed by atoms with Gasteiger partial charge < -0.3 is 15.4 Å². The maximum Gasteiger partial charge on any atom is 0.254 e. The van der Waals surface area contributed by atoms with E-state index < -0.39 is 5.82 Å². The number of carbonyl (C=O) groups excluding carboxylic acids is 1. The van der Waals surface area contributed by atoms with Crippen LogP contribution in [0.2, 0.25) is 0 Å². The highest BCUT2D eigenvalue weighted by Crippen LogP contribution is 2.30. The zero-order valence-corrected chi connectivity index (χ0v) is 11.3. The highest BCUT2D eigenvalue weighted by Gasteiger charge is 2.35. The fourth-order valence-electron chi connectivity index (χ4n) is 2.63. The minimum atomic E-state index is -0.483. The molecule has 1 heterocycles. The Kier molecular flexibility index (Phi) is 3.61. The molecule has 2 fully saturated rings. The number of benzene rings is 1. The highest BCUT2D eigenvalue weighted by atomic mass is 19.1. The standard InChI is InChI=1S/C15H19FN2O2/c16-13-4-1-11(7-14(13)17)15(19)18(12-2-3-12)8-10-5-6-20-9-10/h1,4,7,10,12H,2-3,5-6,8-9,17H2. The molecule has 0 bridgehead atoms. The van der Waals surface area contributed by atoms with Gasteiger partial charge in [-0.3, -0.25) is 4.79 Å². The molecule has 2 N–H and O–H groups in total. The van der Waals surface area contributed by atoms with Crippen molar-refractivity contribution in [2.45, 2.75) is 25.3 Å². The first-order valence-electron chi connectivity index (χ1n) is 7.09. The highest BCUT2D eigenvalue weighted by molar-refractivity contribution is 5.95. The van der Waals surface area contributed by atoms with E-state index in [0.717, 1.165) is 39.0 Å². The number of nitrogens with zero attached hydrogens (tertiary/aromatic N) is 1. The second-order valence-electron chi connectivity index (χ2n) is 5.65. The molecular formula is C15H19FN2O2. The van der Waals surface area contributed by atoms with E-state index in [1.807, 2.05) is 4.90 Å². The lowest BCUT2D eigenvalue weighted by Gasteiger charge is -2.25. The number of nitrogen functional groups attached to an aromatic ring is 1. The van der Waals surface area contributed by atoms with Crippen LogP contribution in [0.25, 0.3) is 0 Å². The summed E-state index contributed by atoms with van der Waals surface area (Å²) in [5, 5.41) is 0. The summed E-state index contributed by atoms with van der Waals surface area (Å²) >= 11 is 0. The average Bonchev–Trinajstić information content (AvgIpc) is 3.15. The Morgan fingerprint density at radius 2 is 2.20 bits per heavy atom. The van der Waals surface area contributed by atoms with E-state index in [1.165, 1.54) is 18.2 Å². The van der Waals surface area contributed by atoms with Crippen LogP contribution in [0.5, 0.6) is 0 Å². The zero-order valence-electron chi connectivity index (χ0n) is 11.3. The SMILES string of the molecule is Nc1cc(C(=O)N(CC2CCOC2)C2CC2)ccc1F. The third-order valence-corrected chi connectivity index (χ3v) is 3.97. The molecule has 1 unspecified atom stereocenters. The molecule has 5 heteroatoms. The number of ether oxygens (including phenoxy) is 1. The summed E-state index contributed by atoms with van der Waals surface area (Å²) in [5.74, 6) is -0.118. The van der Waals surface area contributed by atoms with Gasteiger partial charge in [-0.2, -0.15) is 0 Å². The molecule has 1 aliphatic heterocycles. The van der Waals surface area contributed by atoms with Crippen molar-refractivity contribution in [3.05, 3.63) is 29.6 Å². The molecule has 1 amide bonds. The zero-order chi connectivity index (χ0) is 14.1. The van der Waals surface area contributed by atoms with Crippen molar-refractivity contribution >= 4 is 11.6 Å². The third-order valence-electron chi connectivity index (χ3n) is 3.97. The van der Waals surface area contributed by atoms with Crippen molar-refractivity contribution in [1.29, 1.82) is 0 Å². The van der Waals surface area contributed by atoms with Crippen molar-refractivity contribution in [1.82, 2.24) is 4.90 Å². The minimum absolute atomic E-state index is 0.0239. The summed E-state index contributed by atoms with van der Waals surface area (Å²) in [6.07, 6.45) is 3.11. The Morgan fingerprint density at radius 1 is 1.40 bits per heavy atom. The van der Waals surface area contributed by atoms with E-state index in [0.29, 0.717) is 17.5 Å². The molecule has 20 heavy (non-hydrogen) atoms. The molecule has 1 aromatic rings. The molecule has 1 aromatic carbocycles. The lowest BCUT2D eigenvalue weighted by Crippen LogP contribution is -2.37. The Labute approximate surface area is 117 Å². The van der Waals surface area contributed by atoms with Crippen LogP contribution in [0, 0.1) is 11.7 Å². The largest absolute Gasteiger partial charge is 0.396 e. The Bertz CT molecular complexity index is 511. The first-order chi connectivity index (χ1) is 9.65. The maximum absolute atomic E-state index is 13.2. The van der Waals surface area contributed by atoms with Gasteiger partial charge >= 0.3 is 0 Å². The summed E-state index contributed by atoms with van der Waals surface area (Å²) in [4.78, 5) is 14.5. The summed E-state index contributed by atoms with van der Waals surface area (Å²) < 4.78 is 18.6. The van der Waals surface area contributed by atoms with Gasteiger partial charge in [-0.05, 0) is 37.5 Å². The topological polar surface area (TPSA) is 55.6 Å². The second-order valence-corrected chi connectivity index (χ2v) is 5.65. The molecule has 0 aromatic heterocycles. The van der Waals surface area contributed by atoms with Crippen LogP contribution in [0.4, 0.5) is 10.1 Å². The molecule has 3 rings (SSSR count). The van der Waals surface area contributed by atoms with Crippen LogP contribution < -0.4 is 5.73 Å². The Balaban J connectivity index is 1.75. The van der Waals surface area contributed by atoms with Gasteiger partial charge in [-0.15, -0.1) is 0 Å². The van der Waals surface area contributed by atoms with E-state index in [4.69, 9.17) is 10.5 Å². The summed E-state index contributed by atoms with van der Waals surface area (Å²) in [6, 6.07) is 4.52. The van der Waals surface area contributed by atoms with Gasteiger partial charge in [0.2, 0.25) is 0 Å². The fourth-order valence-corrected chi connectivity index (χ4v) is 2.63. The van der Waals surface area contributed by atoms with Crippen molar-refractivity contribution in [3.8, 4) is 0 Å². The van der Waals surface area contributed by atoms with Gasteiger partial charge in [0.05, 0.1) is 12.3 Å². The van der Waals surface area contributed by atoms with E-state index in [-0.39, 0.29) is 11.6 Å². The van der Waals surface area contributed by atoms with Gasteiger partial charge in [0, 0.05) is 30.7 Å². The van der Waals surface area contributed by atoms with Gasteiger partial charge in [0.25, 0.3) is 5.91 Å². The number of rotatable bonds is 4. The molecule has 2 aliphatic rings. The number of carbonyl (C=O) groups is 1. The number of hydrogen-bond acceptors (Lipinski definition) is 3. The summed E-state index contributed by atoms with van der Waals surface area (Å²) in [6.45, 7) is 2.23.